The number of carbonyl (C=O) groups is 2. The molecule has 0 aliphatic carbocycles. The summed E-state index contributed by atoms with van der Waals surface area (Å²) in [6, 6.07) is 6.34. The van der Waals surface area contributed by atoms with Gasteiger partial charge in [0.05, 0.1) is 18.7 Å². The van der Waals surface area contributed by atoms with Crippen LogP contribution < -0.4 is 0 Å². The third kappa shape index (κ3) is 2.47. The van der Waals surface area contributed by atoms with Crippen LogP contribution >= 0.6 is 11.6 Å². The maximum Gasteiger partial charge on any atom is 0.296 e. The number of rotatable bonds is 4. The molecule has 1 heterocycles. The topological polar surface area (TPSA) is 66.8 Å². The largest absolute Gasteiger partial charge is 0.502 e. The van der Waals surface area contributed by atoms with Crippen molar-refractivity contribution in [1.82, 2.24) is 4.90 Å². The number of amides is 2. The monoisotopic (exact) mass is 281 g/mol. The number of aliphatic hydroxyl groups excluding tert-OH is 1. The van der Waals surface area contributed by atoms with Crippen LogP contribution in [0.2, 0.25) is 5.02 Å². The van der Waals surface area contributed by atoms with Crippen molar-refractivity contribution < 1.29 is 19.4 Å². The van der Waals surface area contributed by atoms with Crippen LogP contribution in [0.3, 0.4) is 0 Å². The molecule has 5 nitrogen and oxygen atoms in total. The van der Waals surface area contributed by atoms with Gasteiger partial charge in [0, 0.05) is 12.1 Å². The lowest BCUT2D eigenvalue weighted by molar-refractivity contribution is -0.138. The molecule has 0 aromatic heterocycles. The number of carbonyl (C=O) groups excluding carboxylic acids is 2. The van der Waals surface area contributed by atoms with Crippen molar-refractivity contribution in [1.29, 1.82) is 0 Å². The zero-order valence-corrected chi connectivity index (χ0v) is 11.0. The van der Waals surface area contributed by atoms with E-state index in [1.54, 1.807) is 24.3 Å². The molecule has 1 aromatic rings. The second kappa shape index (κ2) is 5.42. The van der Waals surface area contributed by atoms with Gasteiger partial charge in [0.2, 0.25) is 0 Å². The third-order valence-corrected chi connectivity index (χ3v) is 3.05. The highest BCUT2D eigenvalue weighted by Gasteiger charge is 2.38. The minimum atomic E-state index is -0.702. The molecule has 1 aromatic carbocycles. The number of hydrogen-bond acceptors (Lipinski definition) is 4. The Labute approximate surface area is 115 Å². The van der Waals surface area contributed by atoms with E-state index in [0.717, 1.165) is 4.90 Å². The zero-order chi connectivity index (χ0) is 14.0. The van der Waals surface area contributed by atoms with Gasteiger partial charge < -0.3 is 9.84 Å². The van der Waals surface area contributed by atoms with Crippen molar-refractivity contribution in [3.05, 3.63) is 40.6 Å². The molecule has 0 spiro atoms. The normalized spacial score (nSPS) is 15.6. The molecule has 1 aliphatic heterocycles. The van der Waals surface area contributed by atoms with Gasteiger partial charge in [-0.05, 0) is 17.7 Å². The quantitative estimate of drug-likeness (QED) is 0.852. The standard InChI is InChI=1S/C13H12ClNO4/c1-19-7-6-15-12(17)10(11(16)13(15)18)8-2-4-9(14)5-3-8/h2-5,16H,6-7H2,1H3. The van der Waals surface area contributed by atoms with Crippen LogP contribution in [0.15, 0.2) is 30.0 Å². The van der Waals surface area contributed by atoms with Gasteiger partial charge >= 0.3 is 0 Å². The summed E-state index contributed by atoms with van der Waals surface area (Å²) in [5, 5.41) is 10.3. The number of nitrogens with zero attached hydrogens (tertiary/aromatic N) is 1. The van der Waals surface area contributed by atoms with Crippen LogP contribution in [0.1, 0.15) is 5.56 Å². The average molecular weight is 282 g/mol. The molecule has 100 valence electrons. The molecule has 0 saturated heterocycles. The molecule has 0 unspecified atom stereocenters. The van der Waals surface area contributed by atoms with Gasteiger partial charge in [-0.25, -0.2) is 0 Å². The van der Waals surface area contributed by atoms with Crippen molar-refractivity contribution in [3.63, 3.8) is 0 Å². The fraction of sp³-hybridized carbons (Fsp3) is 0.231. The summed E-state index contributed by atoms with van der Waals surface area (Å²) in [4.78, 5) is 24.9. The molecule has 0 saturated carbocycles. The highest BCUT2D eigenvalue weighted by molar-refractivity contribution is 6.35. The third-order valence-electron chi connectivity index (χ3n) is 2.80. The molecule has 0 atom stereocenters. The average Bonchev–Trinajstić information content (AvgIpc) is 2.60. The fourth-order valence-corrected chi connectivity index (χ4v) is 1.95. The molecule has 0 radical (unpaired) electrons. The number of ether oxygens (including phenoxy) is 1. The Morgan fingerprint density at radius 2 is 1.84 bits per heavy atom. The molecule has 0 fully saturated rings. The summed E-state index contributed by atoms with van der Waals surface area (Å²) >= 11 is 5.76. The molecule has 19 heavy (non-hydrogen) atoms. The van der Waals surface area contributed by atoms with Crippen LogP contribution in [-0.2, 0) is 14.3 Å². The highest BCUT2D eigenvalue weighted by Crippen LogP contribution is 2.28. The lowest BCUT2D eigenvalue weighted by Gasteiger charge is -2.13. The van der Waals surface area contributed by atoms with Gasteiger partial charge in [0.15, 0.2) is 5.76 Å². The summed E-state index contributed by atoms with van der Waals surface area (Å²) in [6.07, 6.45) is 0. The van der Waals surface area contributed by atoms with E-state index in [-0.39, 0.29) is 18.7 Å². The van der Waals surface area contributed by atoms with Crippen molar-refractivity contribution in [2.75, 3.05) is 20.3 Å². The van der Waals surface area contributed by atoms with Crippen LogP contribution in [0, 0.1) is 0 Å². The summed E-state index contributed by atoms with van der Waals surface area (Å²) < 4.78 is 4.83. The maximum atomic E-state index is 12.1. The summed E-state index contributed by atoms with van der Waals surface area (Å²) in [5.74, 6) is -1.77. The van der Waals surface area contributed by atoms with Crippen molar-refractivity contribution in [2.24, 2.45) is 0 Å². The maximum absolute atomic E-state index is 12.1. The number of hydrogen-bond donors (Lipinski definition) is 1. The first-order valence-electron chi connectivity index (χ1n) is 5.60. The van der Waals surface area contributed by atoms with E-state index < -0.39 is 17.6 Å². The van der Waals surface area contributed by atoms with E-state index in [9.17, 15) is 14.7 Å². The Hall–Kier alpha value is -1.85. The van der Waals surface area contributed by atoms with Gasteiger partial charge in [-0.15, -0.1) is 0 Å². The van der Waals surface area contributed by atoms with E-state index in [4.69, 9.17) is 16.3 Å². The first-order valence-corrected chi connectivity index (χ1v) is 5.98. The Balaban J connectivity index is 2.32. The smallest absolute Gasteiger partial charge is 0.296 e. The van der Waals surface area contributed by atoms with E-state index in [1.165, 1.54) is 7.11 Å². The minimum absolute atomic E-state index is 0.00207. The zero-order valence-electron chi connectivity index (χ0n) is 10.2. The Morgan fingerprint density at radius 3 is 2.42 bits per heavy atom. The van der Waals surface area contributed by atoms with E-state index >= 15 is 0 Å². The highest BCUT2D eigenvalue weighted by atomic mass is 35.5. The SMILES string of the molecule is COCCN1C(=O)C(O)=C(c2ccc(Cl)cc2)C1=O. The summed E-state index contributed by atoms with van der Waals surface area (Å²) in [7, 11) is 1.47. The molecule has 2 rings (SSSR count). The Bertz CT molecular complexity index is 550. The molecule has 0 bridgehead atoms. The molecular weight excluding hydrogens is 270 g/mol. The van der Waals surface area contributed by atoms with Gasteiger partial charge in [-0.2, -0.15) is 0 Å². The molecule has 1 N–H and O–H groups in total. The van der Waals surface area contributed by atoms with Crippen LogP contribution in [0.5, 0.6) is 0 Å². The van der Waals surface area contributed by atoms with Gasteiger partial charge in [0.25, 0.3) is 11.8 Å². The number of imide groups is 1. The minimum Gasteiger partial charge on any atom is -0.502 e. The molecule has 2 amide bonds. The number of benzene rings is 1. The van der Waals surface area contributed by atoms with Crippen LogP contribution in [0.25, 0.3) is 5.57 Å². The lowest BCUT2D eigenvalue weighted by atomic mass is 10.1. The summed E-state index contributed by atoms with van der Waals surface area (Å²) in [5.41, 5.74) is 0.456. The molecule has 1 aliphatic rings. The molecular formula is C13H12ClNO4. The van der Waals surface area contributed by atoms with Crippen LogP contribution in [0.4, 0.5) is 0 Å². The van der Waals surface area contributed by atoms with Crippen LogP contribution in [-0.4, -0.2) is 42.1 Å². The fourth-order valence-electron chi connectivity index (χ4n) is 1.83. The predicted molar refractivity (Wildman–Crippen MR) is 69.6 cm³/mol. The second-order valence-electron chi connectivity index (χ2n) is 3.99. The van der Waals surface area contributed by atoms with Gasteiger partial charge in [-0.1, -0.05) is 23.7 Å². The lowest BCUT2D eigenvalue weighted by Crippen LogP contribution is -2.34. The van der Waals surface area contributed by atoms with Gasteiger partial charge in [0.1, 0.15) is 0 Å². The number of halogens is 1. The van der Waals surface area contributed by atoms with E-state index in [1.807, 2.05) is 0 Å². The van der Waals surface area contributed by atoms with E-state index in [2.05, 4.69) is 0 Å². The van der Waals surface area contributed by atoms with Gasteiger partial charge in [-0.3, -0.25) is 14.5 Å². The molecule has 6 heteroatoms. The summed E-state index contributed by atoms with van der Waals surface area (Å²) in [6.45, 7) is 0.327. The number of methoxy groups -OCH3 is 1. The van der Waals surface area contributed by atoms with Crippen molar-refractivity contribution in [2.45, 2.75) is 0 Å². The first-order chi connectivity index (χ1) is 9.06. The second-order valence-corrected chi connectivity index (χ2v) is 4.42. The number of aliphatic hydroxyl groups is 1. The van der Waals surface area contributed by atoms with Crippen molar-refractivity contribution >= 4 is 29.0 Å². The predicted octanol–water partition coefficient (Wildman–Crippen LogP) is 1.62. The van der Waals surface area contributed by atoms with E-state index in [0.29, 0.717) is 10.6 Å². The Kier molecular flexibility index (Phi) is 3.87. The van der Waals surface area contributed by atoms with Crippen molar-refractivity contribution in [3.8, 4) is 0 Å². The Morgan fingerprint density at radius 1 is 1.21 bits per heavy atom. The first kappa shape index (κ1) is 13.6.